The first-order valence-electron chi connectivity index (χ1n) is 6.61. The van der Waals surface area contributed by atoms with E-state index in [0.29, 0.717) is 24.3 Å². The Morgan fingerprint density at radius 2 is 1.72 bits per heavy atom. The summed E-state index contributed by atoms with van der Waals surface area (Å²) in [4.78, 5) is 0. The van der Waals surface area contributed by atoms with Gasteiger partial charge in [0.2, 0.25) is 10.0 Å². The highest BCUT2D eigenvalue weighted by Crippen LogP contribution is 2.16. The molecular weight excluding hydrogens is 272 g/mol. The summed E-state index contributed by atoms with van der Waals surface area (Å²) in [5.74, 6) is 1.77. The monoisotopic (exact) mass is 294 g/mol. The Kier molecular flexibility index (Phi) is 5.17. The van der Waals surface area contributed by atoms with Crippen LogP contribution in [0.15, 0.2) is 0 Å². The van der Waals surface area contributed by atoms with Crippen LogP contribution in [0.25, 0.3) is 0 Å². The van der Waals surface area contributed by atoms with Gasteiger partial charge in [-0.25, -0.2) is 13.1 Å². The number of sulfonamides is 1. The van der Waals surface area contributed by atoms with Crippen molar-refractivity contribution in [3.63, 3.8) is 0 Å². The lowest BCUT2D eigenvalue weighted by molar-refractivity contribution is 0.398. The van der Waals surface area contributed by atoms with Crippen LogP contribution in [0.5, 0.6) is 0 Å². The van der Waals surface area contributed by atoms with Gasteiger partial charge in [-0.2, -0.15) is 0 Å². The smallest absolute Gasteiger partial charge is 0.212 e. The highest BCUT2D eigenvalue weighted by molar-refractivity contribution is 7.89. The van der Waals surface area contributed by atoms with E-state index < -0.39 is 20.8 Å². The summed E-state index contributed by atoms with van der Waals surface area (Å²) < 4.78 is 38.1. The number of hydrogen-bond donors (Lipinski definition) is 2. The summed E-state index contributed by atoms with van der Waals surface area (Å²) >= 11 is 0. The van der Waals surface area contributed by atoms with Gasteiger partial charge in [0, 0.05) is 28.3 Å². The molecular formula is C11H22N2O3S2. The van der Waals surface area contributed by atoms with E-state index in [-0.39, 0.29) is 17.7 Å². The van der Waals surface area contributed by atoms with Gasteiger partial charge in [-0.05, 0) is 44.7 Å². The molecule has 2 saturated heterocycles. The molecule has 2 aliphatic heterocycles. The van der Waals surface area contributed by atoms with Gasteiger partial charge in [0.05, 0.1) is 5.75 Å². The first-order chi connectivity index (χ1) is 8.55. The molecule has 0 bridgehead atoms. The molecule has 2 N–H and O–H groups in total. The van der Waals surface area contributed by atoms with Gasteiger partial charge in [0.25, 0.3) is 0 Å². The van der Waals surface area contributed by atoms with Gasteiger partial charge in [-0.1, -0.05) is 0 Å². The van der Waals surface area contributed by atoms with Crippen molar-refractivity contribution in [3.8, 4) is 0 Å². The summed E-state index contributed by atoms with van der Waals surface area (Å²) in [6, 6.07) is -0.00517. The molecule has 0 aromatic heterocycles. The third-order valence-electron chi connectivity index (χ3n) is 3.65. The molecule has 2 rings (SSSR count). The van der Waals surface area contributed by atoms with Crippen LogP contribution in [-0.4, -0.2) is 49.0 Å². The van der Waals surface area contributed by atoms with Crippen molar-refractivity contribution in [3.05, 3.63) is 0 Å². The highest BCUT2D eigenvalue weighted by Gasteiger charge is 2.26. The van der Waals surface area contributed by atoms with Crippen LogP contribution in [0, 0.1) is 5.92 Å². The molecule has 2 fully saturated rings. The largest absolute Gasteiger partial charge is 0.317 e. The van der Waals surface area contributed by atoms with Crippen LogP contribution in [0.1, 0.15) is 25.7 Å². The average Bonchev–Trinajstić information content (AvgIpc) is 2.32. The summed E-state index contributed by atoms with van der Waals surface area (Å²) in [7, 11) is -3.91. The second kappa shape index (κ2) is 6.45. The molecule has 0 atom stereocenters. The lowest BCUT2D eigenvalue weighted by Crippen LogP contribution is -2.42. The molecule has 0 unspecified atom stereocenters. The second-order valence-corrected chi connectivity index (χ2v) is 8.71. The highest BCUT2D eigenvalue weighted by atomic mass is 32.2. The number of rotatable bonds is 4. The standard InChI is InChI=1S/C11H22N2O3S2/c14-17-7-3-11(4-8-17)13-18(15,16)9-10-1-5-12-6-2-10/h10-13H,1-9H2. The molecule has 0 saturated carbocycles. The van der Waals surface area contributed by atoms with Crippen LogP contribution in [-0.2, 0) is 20.8 Å². The zero-order valence-electron chi connectivity index (χ0n) is 10.6. The third kappa shape index (κ3) is 4.60. The van der Waals surface area contributed by atoms with Crippen LogP contribution in [0.4, 0.5) is 0 Å². The summed E-state index contributed by atoms with van der Waals surface area (Å²) in [5.41, 5.74) is 0. The van der Waals surface area contributed by atoms with Crippen LogP contribution in [0.2, 0.25) is 0 Å². The van der Waals surface area contributed by atoms with E-state index in [9.17, 15) is 12.6 Å². The third-order valence-corrected chi connectivity index (χ3v) is 6.63. The molecule has 5 nitrogen and oxygen atoms in total. The Morgan fingerprint density at radius 3 is 2.33 bits per heavy atom. The van der Waals surface area contributed by atoms with Gasteiger partial charge >= 0.3 is 0 Å². The topological polar surface area (TPSA) is 75.3 Å². The normalized spacial score (nSPS) is 31.3. The Morgan fingerprint density at radius 1 is 1.11 bits per heavy atom. The molecule has 0 aromatic rings. The van der Waals surface area contributed by atoms with E-state index in [4.69, 9.17) is 0 Å². The van der Waals surface area contributed by atoms with Crippen molar-refractivity contribution < 1.29 is 12.6 Å². The fraction of sp³-hybridized carbons (Fsp3) is 1.00. The van der Waals surface area contributed by atoms with E-state index >= 15 is 0 Å². The molecule has 0 aliphatic carbocycles. The second-order valence-electron chi connectivity index (χ2n) is 5.21. The molecule has 106 valence electrons. The van der Waals surface area contributed by atoms with Crippen molar-refractivity contribution >= 4 is 20.8 Å². The Bertz CT molecular complexity index is 381. The minimum Gasteiger partial charge on any atom is -0.317 e. The molecule has 0 aromatic carbocycles. The fourth-order valence-corrected chi connectivity index (χ4v) is 5.67. The molecule has 2 heterocycles. The Balaban J connectivity index is 1.81. The minimum absolute atomic E-state index is 0.00517. The molecule has 18 heavy (non-hydrogen) atoms. The van der Waals surface area contributed by atoms with Gasteiger partial charge < -0.3 is 5.32 Å². The van der Waals surface area contributed by atoms with Crippen molar-refractivity contribution in [2.24, 2.45) is 5.92 Å². The maximum absolute atomic E-state index is 12.0. The lowest BCUT2D eigenvalue weighted by atomic mass is 10.0. The zero-order chi connectivity index (χ0) is 13.0. The number of piperidine rings is 1. The molecule has 0 spiro atoms. The molecule has 0 radical (unpaired) electrons. The first kappa shape index (κ1) is 14.4. The Hall–Kier alpha value is 0.0200. The van der Waals surface area contributed by atoms with Crippen LogP contribution in [0.3, 0.4) is 0 Å². The first-order valence-corrected chi connectivity index (χ1v) is 9.75. The summed E-state index contributed by atoms with van der Waals surface area (Å²) in [6.45, 7) is 1.84. The quantitative estimate of drug-likeness (QED) is 0.754. The van der Waals surface area contributed by atoms with E-state index in [0.717, 1.165) is 25.9 Å². The predicted octanol–water partition coefficient (Wildman–Crippen LogP) is -0.183. The SMILES string of the molecule is O=S1CCC(NS(=O)(=O)CC2CCNCC2)CC1. The van der Waals surface area contributed by atoms with Crippen LogP contribution < -0.4 is 10.0 Å². The van der Waals surface area contributed by atoms with E-state index in [1.807, 2.05) is 0 Å². The van der Waals surface area contributed by atoms with Crippen LogP contribution >= 0.6 is 0 Å². The fourth-order valence-electron chi connectivity index (χ4n) is 2.57. The maximum atomic E-state index is 12.0. The van der Waals surface area contributed by atoms with E-state index in [1.54, 1.807) is 0 Å². The van der Waals surface area contributed by atoms with Gasteiger partial charge in [0.1, 0.15) is 0 Å². The van der Waals surface area contributed by atoms with Crippen molar-refractivity contribution in [2.75, 3.05) is 30.3 Å². The molecule has 0 amide bonds. The lowest BCUT2D eigenvalue weighted by Gasteiger charge is -2.26. The van der Waals surface area contributed by atoms with E-state index in [2.05, 4.69) is 10.0 Å². The van der Waals surface area contributed by atoms with Crippen molar-refractivity contribution in [1.82, 2.24) is 10.0 Å². The molecule has 7 heteroatoms. The maximum Gasteiger partial charge on any atom is 0.212 e. The van der Waals surface area contributed by atoms with Crippen molar-refractivity contribution in [1.29, 1.82) is 0 Å². The Labute approximate surface area is 112 Å². The minimum atomic E-state index is -3.18. The summed E-state index contributed by atoms with van der Waals surface area (Å²) in [5, 5.41) is 3.24. The van der Waals surface area contributed by atoms with E-state index in [1.165, 1.54) is 0 Å². The number of nitrogens with one attached hydrogen (secondary N) is 2. The predicted molar refractivity (Wildman–Crippen MR) is 73.4 cm³/mol. The molecule has 2 aliphatic rings. The van der Waals surface area contributed by atoms with Gasteiger partial charge in [0.15, 0.2) is 0 Å². The average molecular weight is 294 g/mol. The summed E-state index contributed by atoms with van der Waals surface area (Å²) in [6.07, 6.45) is 3.29. The zero-order valence-corrected chi connectivity index (χ0v) is 12.2. The van der Waals surface area contributed by atoms with Gasteiger partial charge in [-0.3, -0.25) is 4.21 Å². The van der Waals surface area contributed by atoms with Gasteiger partial charge in [-0.15, -0.1) is 0 Å². The van der Waals surface area contributed by atoms with Crippen molar-refractivity contribution in [2.45, 2.75) is 31.7 Å². The number of hydrogen-bond acceptors (Lipinski definition) is 4.